The van der Waals surface area contributed by atoms with Crippen LogP contribution in [0.4, 0.5) is 8.78 Å². The summed E-state index contributed by atoms with van der Waals surface area (Å²) in [5.74, 6) is -0.0410. The Balaban J connectivity index is 1.42. The molecule has 2 N–H and O–H groups in total. The Morgan fingerprint density at radius 1 is 1.09 bits per heavy atom. The number of benzene rings is 2. The van der Waals surface area contributed by atoms with E-state index in [4.69, 9.17) is 0 Å². The minimum absolute atomic E-state index is 0.0297. The van der Waals surface area contributed by atoms with Crippen LogP contribution < -0.4 is 9.47 Å². The molecule has 8 heteroatoms. The smallest absolute Gasteiger partial charge is 0.395 e. The number of rotatable bonds is 7. The first kappa shape index (κ1) is 23.8. The van der Waals surface area contributed by atoms with Crippen molar-refractivity contribution in [1.29, 1.82) is 0 Å². The lowest BCUT2D eigenvalue weighted by atomic mass is 9.87. The lowest BCUT2D eigenvalue weighted by molar-refractivity contribution is -0.286. The quantitative estimate of drug-likeness (QED) is 0.517. The minimum Gasteiger partial charge on any atom is -0.395 e. The Hall–Kier alpha value is -2.97. The number of ketones is 1. The van der Waals surface area contributed by atoms with Crippen LogP contribution in [0, 0.1) is 0 Å². The summed E-state index contributed by atoms with van der Waals surface area (Å²) in [5.41, 5.74) is 2.61. The maximum atomic E-state index is 13.4. The highest BCUT2D eigenvalue weighted by Crippen LogP contribution is 2.52. The second-order valence-corrected chi connectivity index (χ2v) is 10.6. The number of Topliss-reactive ketones (excluding diaryl/α,β-unsaturated/α-hetero) is 1. The van der Waals surface area contributed by atoms with Crippen molar-refractivity contribution in [2.45, 2.75) is 69.8 Å². The molecule has 0 bridgehead atoms. The van der Waals surface area contributed by atoms with Crippen molar-refractivity contribution >= 4 is 16.7 Å². The first-order chi connectivity index (χ1) is 16.4. The number of carbonyl (C=O) groups is 1. The maximum absolute atomic E-state index is 13.4. The summed E-state index contributed by atoms with van der Waals surface area (Å²) >= 11 is 0. The number of hydrogen-bond acceptors (Lipinski definition) is 5. The largest absolute Gasteiger partial charge is 0.586 e. The van der Waals surface area contributed by atoms with Crippen molar-refractivity contribution in [2.24, 2.45) is 0 Å². The van der Waals surface area contributed by atoms with Gasteiger partial charge >= 0.3 is 6.29 Å². The molecule has 1 aromatic heterocycles. The van der Waals surface area contributed by atoms with E-state index >= 15 is 0 Å². The van der Waals surface area contributed by atoms with E-state index in [1.807, 2.05) is 22.8 Å². The van der Waals surface area contributed by atoms with Crippen molar-refractivity contribution in [3.8, 4) is 11.5 Å². The van der Waals surface area contributed by atoms with Crippen LogP contribution >= 0.6 is 0 Å². The Kier molecular flexibility index (Phi) is 5.45. The number of ether oxygens (including phenoxy) is 2. The summed E-state index contributed by atoms with van der Waals surface area (Å²) in [7, 11) is 0. The number of aliphatic hydroxyl groups excluding tert-OH is 2. The molecule has 0 radical (unpaired) electrons. The molecule has 1 fully saturated rings. The van der Waals surface area contributed by atoms with Gasteiger partial charge in [-0.2, -0.15) is 0 Å². The van der Waals surface area contributed by atoms with Crippen LogP contribution in [0.1, 0.15) is 50.4 Å². The Labute approximate surface area is 202 Å². The van der Waals surface area contributed by atoms with Gasteiger partial charge in [0, 0.05) is 28.4 Å². The molecule has 1 saturated carbocycles. The second kappa shape index (κ2) is 8.03. The molecule has 0 amide bonds. The molecule has 2 heterocycles. The highest BCUT2D eigenvalue weighted by molar-refractivity contribution is 5.95. The van der Waals surface area contributed by atoms with E-state index in [1.54, 1.807) is 6.07 Å². The fraction of sp³-hybridized carbons (Fsp3) is 0.444. The van der Waals surface area contributed by atoms with Crippen molar-refractivity contribution in [3.05, 3.63) is 59.3 Å². The van der Waals surface area contributed by atoms with Gasteiger partial charge in [-0.3, -0.25) is 4.79 Å². The van der Waals surface area contributed by atoms with Gasteiger partial charge < -0.3 is 24.3 Å². The van der Waals surface area contributed by atoms with Crippen molar-refractivity contribution in [3.63, 3.8) is 0 Å². The van der Waals surface area contributed by atoms with Gasteiger partial charge in [0.2, 0.25) is 0 Å². The predicted molar refractivity (Wildman–Crippen MR) is 126 cm³/mol. The van der Waals surface area contributed by atoms with Crippen LogP contribution in [0.25, 0.3) is 10.9 Å². The zero-order valence-electron chi connectivity index (χ0n) is 20.0. The van der Waals surface area contributed by atoms with Crippen molar-refractivity contribution < 1.29 is 33.3 Å². The second-order valence-electron chi connectivity index (χ2n) is 10.6. The van der Waals surface area contributed by atoms with Gasteiger partial charge in [0.05, 0.1) is 24.7 Å². The molecule has 1 atom stereocenters. The summed E-state index contributed by atoms with van der Waals surface area (Å²) in [6.07, 6.45) is -3.02. The molecule has 2 aliphatic rings. The topological polar surface area (TPSA) is 80.9 Å². The fourth-order valence-electron chi connectivity index (χ4n) is 4.97. The van der Waals surface area contributed by atoms with Crippen LogP contribution in [0.5, 0.6) is 11.5 Å². The monoisotopic (exact) mass is 485 g/mol. The summed E-state index contributed by atoms with van der Waals surface area (Å²) in [6.45, 7) is 6.22. The van der Waals surface area contributed by atoms with Crippen LogP contribution in [-0.4, -0.2) is 39.6 Å². The normalized spacial score (nSPS) is 18.6. The first-order valence-electron chi connectivity index (χ1n) is 11.8. The molecule has 5 rings (SSSR count). The number of fused-ring (bicyclic) bond motifs is 2. The molecule has 2 aromatic carbocycles. The third-order valence-corrected chi connectivity index (χ3v) is 6.94. The average molecular weight is 486 g/mol. The van der Waals surface area contributed by atoms with Gasteiger partial charge in [0.1, 0.15) is 5.78 Å². The number of nitrogens with zero attached hydrogens (tertiary/aromatic N) is 1. The highest BCUT2D eigenvalue weighted by Gasteiger charge is 2.52. The van der Waals surface area contributed by atoms with Gasteiger partial charge in [0.25, 0.3) is 0 Å². The summed E-state index contributed by atoms with van der Waals surface area (Å²) in [6, 6.07) is 12.5. The van der Waals surface area contributed by atoms with E-state index < -0.39 is 17.8 Å². The zero-order valence-corrected chi connectivity index (χ0v) is 20.0. The van der Waals surface area contributed by atoms with E-state index in [2.05, 4.69) is 36.3 Å². The van der Waals surface area contributed by atoms with E-state index in [0.29, 0.717) is 18.4 Å². The molecule has 3 aromatic rings. The maximum Gasteiger partial charge on any atom is 0.586 e. The third kappa shape index (κ3) is 4.29. The third-order valence-electron chi connectivity index (χ3n) is 6.94. The Bertz CT molecular complexity index is 1300. The number of carbonyl (C=O) groups excluding carboxylic acids is 1. The van der Waals surface area contributed by atoms with Crippen LogP contribution in [-0.2, 0) is 28.6 Å². The lowest BCUT2D eigenvalue weighted by Gasteiger charge is -2.23. The van der Waals surface area contributed by atoms with Gasteiger partial charge in [0.15, 0.2) is 11.5 Å². The van der Waals surface area contributed by atoms with Crippen LogP contribution in [0.2, 0.25) is 0 Å². The van der Waals surface area contributed by atoms with E-state index in [-0.39, 0.29) is 42.3 Å². The van der Waals surface area contributed by atoms with E-state index in [9.17, 15) is 23.8 Å². The zero-order chi connectivity index (χ0) is 25.2. The minimum atomic E-state index is -3.69. The molecule has 0 spiro atoms. The fourth-order valence-corrected chi connectivity index (χ4v) is 4.97. The average Bonchev–Trinajstić information content (AvgIpc) is 3.42. The molecule has 35 heavy (non-hydrogen) atoms. The molecular formula is C27H29F2NO5. The standard InChI is InChI=1S/C27H29F2NO5/c1-25(2,3)23-12-17-10-16(4-6-20(17)30(23)14-19(32)15-31)11-24(33)26(8-9-26)18-5-7-21-22(13-18)35-27(28,29)34-21/h4-7,10,12-13,19,31-32H,8-9,11,14-15H2,1-3H3/t19-/m1/s1. The number of alkyl halides is 2. The Morgan fingerprint density at radius 2 is 1.80 bits per heavy atom. The van der Waals surface area contributed by atoms with Gasteiger partial charge in [-0.25, -0.2) is 0 Å². The van der Waals surface area contributed by atoms with Gasteiger partial charge in [-0.15, -0.1) is 8.78 Å². The first-order valence-corrected chi connectivity index (χ1v) is 11.8. The summed E-state index contributed by atoms with van der Waals surface area (Å²) in [4.78, 5) is 13.4. The lowest BCUT2D eigenvalue weighted by Crippen LogP contribution is -2.26. The van der Waals surface area contributed by atoms with Crippen molar-refractivity contribution in [2.75, 3.05) is 6.61 Å². The molecule has 0 saturated heterocycles. The number of hydrogen-bond donors (Lipinski definition) is 2. The molecule has 6 nitrogen and oxygen atoms in total. The number of halogens is 2. The SMILES string of the molecule is CC(C)(C)c1cc2cc(CC(=O)C3(c4ccc5c(c4)OC(F)(F)O5)CC3)ccc2n1C[C@@H](O)CO. The Morgan fingerprint density at radius 3 is 2.46 bits per heavy atom. The summed E-state index contributed by atoms with van der Waals surface area (Å²) in [5, 5.41) is 20.4. The number of aliphatic hydroxyl groups is 2. The van der Waals surface area contributed by atoms with Crippen LogP contribution in [0.15, 0.2) is 42.5 Å². The van der Waals surface area contributed by atoms with Gasteiger partial charge in [-0.1, -0.05) is 32.9 Å². The van der Waals surface area contributed by atoms with E-state index in [1.165, 1.54) is 12.1 Å². The molecular weight excluding hydrogens is 456 g/mol. The predicted octanol–water partition coefficient (Wildman–Crippen LogP) is 4.46. The highest BCUT2D eigenvalue weighted by atomic mass is 19.3. The molecule has 1 aliphatic carbocycles. The van der Waals surface area contributed by atoms with E-state index in [0.717, 1.165) is 22.2 Å². The molecule has 1 aliphatic heterocycles. The van der Waals surface area contributed by atoms with Crippen molar-refractivity contribution in [1.82, 2.24) is 4.57 Å². The number of aromatic nitrogens is 1. The molecule has 0 unspecified atom stereocenters. The van der Waals surface area contributed by atoms with Crippen LogP contribution in [0.3, 0.4) is 0 Å². The molecule has 186 valence electrons. The summed E-state index contributed by atoms with van der Waals surface area (Å²) < 4.78 is 37.9. The van der Waals surface area contributed by atoms with Gasteiger partial charge in [-0.05, 0) is 54.3 Å².